The maximum absolute atomic E-state index is 12.4. The van der Waals surface area contributed by atoms with Crippen LogP contribution >= 0.6 is 0 Å². The van der Waals surface area contributed by atoms with E-state index in [-0.39, 0.29) is 6.54 Å². The highest BCUT2D eigenvalue weighted by atomic mass is 19.4. The molecule has 1 rings (SSSR count). The minimum absolute atomic E-state index is 0.0375. The van der Waals surface area contributed by atoms with Gasteiger partial charge in [-0.05, 0) is 5.92 Å². The van der Waals surface area contributed by atoms with Crippen molar-refractivity contribution >= 4 is 0 Å². The molecule has 1 aliphatic heterocycles. The van der Waals surface area contributed by atoms with Gasteiger partial charge < -0.3 is 10.6 Å². The van der Waals surface area contributed by atoms with Crippen LogP contribution in [0.15, 0.2) is 0 Å². The third kappa shape index (κ3) is 2.85. The Hall–Kier alpha value is -0.290. The van der Waals surface area contributed by atoms with Crippen LogP contribution < -0.4 is 5.73 Å². The van der Waals surface area contributed by atoms with Crippen LogP contribution in [0, 0.1) is 11.8 Å². The lowest BCUT2D eigenvalue weighted by atomic mass is 10.0. The Labute approximate surface area is 82.2 Å². The van der Waals surface area contributed by atoms with Crippen LogP contribution in [0.3, 0.4) is 0 Å². The Morgan fingerprint density at radius 1 is 1.36 bits per heavy atom. The van der Waals surface area contributed by atoms with Gasteiger partial charge in [-0.25, -0.2) is 0 Å². The molecule has 2 atom stereocenters. The van der Waals surface area contributed by atoms with Crippen LogP contribution in [0.2, 0.25) is 0 Å². The summed E-state index contributed by atoms with van der Waals surface area (Å²) in [7, 11) is 0. The van der Waals surface area contributed by atoms with Crippen LogP contribution in [-0.2, 0) is 0 Å². The fourth-order valence-corrected chi connectivity index (χ4v) is 1.84. The van der Waals surface area contributed by atoms with Gasteiger partial charge in [-0.2, -0.15) is 13.2 Å². The van der Waals surface area contributed by atoms with Gasteiger partial charge in [0.25, 0.3) is 0 Å². The van der Waals surface area contributed by atoms with Crippen molar-refractivity contribution in [3.8, 4) is 0 Å². The molecular weight excluding hydrogens is 193 g/mol. The highest BCUT2D eigenvalue weighted by molar-refractivity contribution is 4.94. The lowest BCUT2D eigenvalue weighted by Gasteiger charge is -2.19. The molecule has 0 saturated carbocycles. The lowest BCUT2D eigenvalue weighted by Crippen LogP contribution is -2.38. The molecule has 1 radical (unpaired) electrons. The van der Waals surface area contributed by atoms with Crippen LogP contribution in [0.4, 0.5) is 13.2 Å². The predicted octanol–water partition coefficient (Wildman–Crippen LogP) is 1.42. The molecule has 2 N–H and O–H groups in total. The summed E-state index contributed by atoms with van der Waals surface area (Å²) in [5.41, 5.74) is 5.46. The summed E-state index contributed by atoms with van der Waals surface area (Å²) in [5.74, 6) is -0.248. The quantitative estimate of drug-likeness (QED) is 0.745. The molecule has 83 valence electrons. The summed E-state index contributed by atoms with van der Waals surface area (Å²) < 4.78 is 37.2. The first kappa shape index (κ1) is 11.8. The van der Waals surface area contributed by atoms with E-state index in [4.69, 9.17) is 5.73 Å². The SMILES string of the molecule is C[C](C)CN1CC(N)C(C(F)(F)F)C1. The third-order valence-electron chi connectivity index (χ3n) is 2.40. The van der Waals surface area contributed by atoms with Crippen LogP contribution in [-0.4, -0.2) is 36.8 Å². The first-order chi connectivity index (χ1) is 6.30. The van der Waals surface area contributed by atoms with Gasteiger partial charge in [0.1, 0.15) is 0 Å². The van der Waals surface area contributed by atoms with E-state index in [0.717, 1.165) is 5.92 Å². The number of hydrogen-bond donors (Lipinski definition) is 1. The normalized spacial score (nSPS) is 30.2. The molecule has 1 saturated heterocycles. The minimum Gasteiger partial charge on any atom is -0.326 e. The first-order valence-corrected chi connectivity index (χ1v) is 4.64. The summed E-state index contributed by atoms with van der Waals surface area (Å²) in [6.07, 6.45) is -4.16. The van der Waals surface area contributed by atoms with E-state index < -0.39 is 18.1 Å². The van der Waals surface area contributed by atoms with E-state index in [2.05, 4.69) is 0 Å². The summed E-state index contributed by atoms with van der Waals surface area (Å²) >= 11 is 0. The minimum atomic E-state index is -4.16. The second-order valence-electron chi connectivity index (χ2n) is 4.21. The molecule has 5 heteroatoms. The van der Waals surface area contributed by atoms with E-state index in [1.165, 1.54) is 0 Å². The van der Waals surface area contributed by atoms with Gasteiger partial charge in [-0.15, -0.1) is 0 Å². The number of hydrogen-bond acceptors (Lipinski definition) is 2. The smallest absolute Gasteiger partial charge is 0.326 e. The Bertz CT molecular complexity index is 191. The molecule has 0 aromatic heterocycles. The average Bonchev–Trinajstić information content (AvgIpc) is 2.27. The van der Waals surface area contributed by atoms with E-state index in [1.54, 1.807) is 4.90 Å². The number of rotatable bonds is 2. The van der Waals surface area contributed by atoms with Gasteiger partial charge in [-0.1, -0.05) is 13.8 Å². The monoisotopic (exact) mass is 209 g/mol. The van der Waals surface area contributed by atoms with E-state index >= 15 is 0 Å². The van der Waals surface area contributed by atoms with Crippen molar-refractivity contribution in [1.29, 1.82) is 0 Å². The molecule has 1 aliphatic rings. The number of alkyl halides is 3. The number of likely N-dealkylation sites (tertiary alicyclic amines) is 1. The molecule has 0 amide bonds. The Balaban J connectivity index is 2.52. The zero-order valence-electron chi connectivity index (χ0n) is 8.43. The Morgan fingerprint density at radius 3 is 2.29 bits per heavy atom. The number of halogens is 3. The molecule has 1 heterocycles. The second kappa shape index (κ2) is 4.06. The fourth-order valence-electron chi connectivity index (χ4n) is 1.84. The second-order valence-corrected chi connectivity index (χ2v) is 4.21. The number of nitrogens with two attached hydrogens (primary N) is 1. The van der Waals surface area contributed by atoms with Gasteiger partial charge >= 0.3 is 6.18 Å². The molecule has 2 nitrogen and oxygen atoms in total. The molecule has 0 spiro atoms. The summed E-state index contributed by atoms with van der Waals surface area (Å²) in [5, 5.41) is 0. The Kier molecular flexibility index (Phi) is 3.42. The van der Waals surface area contributed by atoms with Crippen molar-refractivity contribution in [3.63, 3.8) is 0 Å². The van der Waals surface area contributed by atoms with Crippen molar-refractivity contribution in [3.05, 3.63) is 5.92 Å². The third-order valence-corrected chi connectivity index (χ3v) is 2.40. The van der Waals surface area contributed by atoms with Crippen LogP contribution in [0.25, 0.3) is 0 Å². The van der Waals surface area contributed by atoms with E-state index in [0.29, 0.717) is 13.1 Å². The maximum atomic E-state index is 12.4. The van der Waals surface area contributed by atoms with Crippen molar-refractivity contribution in [2.45, 2.75) is 26.1 Å². The lowest BCUT2D eigenvalue weighted by molar-refractivity contribution is -0.173. The van der Waals surface area contributed by atoms with Gasteiger partial charge in [-0.3, -0.25) is 0 Å². The van der Waals surface area contributed by atoms with Crippen LogP contribution in [0.1, 0.15) is 13.8 Å². The highest BCUT2D eigenvalue weighted by Crippen LogP contribution is 2.33. The van der Waals surface area contributed by atoms with Crippen LogP contribution in [0.5, 0.6) is 0 Å². The molecule has 0 aliphatic carbocycles. The maximum Gasteiger partial charge on any atom is 0.394 e. The summed E-state index contributed by atoms with van der Waals surface area (Å²) in [6, 6.07) is -0.769. The predicted molar refractivity (Wildman–Crippen MR) is 48.6 cm³/mol. The van der Waals surface area contributed by atoms with Crippen molar-refractivity contribution in [1.82, 2.24) is 4.90 Å². The van der Waals surface area contributed by atoms with Gasteiger partial charge in [0.15, 0.2) is 0 Å². The average molecular weight is 209 g/mol. The molecule has 0 aromatic carbocycles. The Morgan fingerprint density at radius 2 is 1.93 bits per heavy atom. The zero-order valence-corrected chi connectivity index (χ0v) is 8.43. The summed E-state index contributed by atoms with van der Waals surface area (Å²) in [6.45, 7) is 4.81. The molecule has 1 fully saturated rings. The number of nitrogens with zero attached hydrogens (tertiary/aromatic N) is 1. The largest absolute Gasteiger partial charge is 0.394 e. The van der Waals surface area contributed by atoms with Gasteiger partial charge in [0, 0.05) is 25.7 Å². The van der Waals surface area contributed by atoms with Crippen molar-refractivity contribution in [2.75, 3.05) is 19.6 Å². The topological polar surface area (TPSA) is 29.3 Å². The standard InChI is InChI=1S/C9H16F3N2/c1-6(2)3-14-4-7(8(13)5-14)9(10,11)12/h7-8H,3-5,13H2,1-2H3. The van der Waals surface area contributed by atoms with E-state index in [9.17, 15) is 13.2 Å². The fraction of sp³-hybridized carbons (Fsp3) is 0.889. The molecule has 0 aromatic rings. The molecule has 14 heavy (non-hydrogen) atoms. The zero-order chi connectivity index (χ0) is 10.9. The van der Waals surface area contributed by atoms with Crippen molar-refractivity contribution < 1.29 is 13.2 Å². The van der Waals surface area contributed by atoms with Gasteiger partial charge in [0.2, 0.25) is 0 Å². The van der Waals surface area contributed by atoms with Gasteiger partial charge in [0.05, 0.1) is 5.92 Å². The molecular formula is C9H16F3N2. The first-order valence-electron chi connectivity index (χ1n) is 4.64. The molecule has 2 unspecified atom stereocenters. The molecule has 0 bridgehead atoms. The highest BCUT2D eigenvalue weighted by Gasteiger charge is 2.48. The van der Waals surface area contributed by atoms with E-state index in [1.807, 2.05) is 13.8 Å². The van der Waals surface area contributed by atoms with Crippen molar-refractivity contribution in [2.24, 2.45) is 11.7 Å². The summed E-state index contributed by atoms with van der Waals surface area (Å²) in [4.78, 5) is 1.76.